The van der Waals surface area contributed by atoms with Crippen LogP contribution in [0, 0.1) is 0 Å². The van der Waals surface area contributed by atoms with Crippen LogP contribution in [-0.4, -0.2) is 19.0 Å². The van der Waals surface area contributed by atoms with Crippen molar-refractivity contribution in [1.82, 2.24) is 5.32 Å². The number of halogens is 2. The number of benzene rings is 1. The van der Waals surface area contributed by atoms with Crippen LogP contribution >= 0.6 is 23.2 Å². The van der Waals surface area contributed by atoms with Gasteiger partial charge in [-0.05, 0) is 31.5 Å². The van der Waals surface area contributed by atoms with Gasteiger partial charge < -0.3 is 10.1 Å². The Kier molecular flexibility index (Phi) is 5.96. The Balaban J connectivity index is 2.61. The van der Waals surface area contributed by atoms with E-state index in [4.69, 9.17) is 27.9 Å². The van der Waals surface area contributed by atoms with Crippen molar-refractivity contribution in [2.45, 2.75) is 25.9 Å². The molecule has 0 fully saturated rings. The van der Waals surface area contributed by atoms with Crippen LogP contribution in [0.2, 0.25) is 5.02 Å². The fourth-order valence-electron chi connectivity index (χ4n) is 1.44. The summed E-state index contributed by atoms with van der Waals surface area (Å²) in [7, 11) is 1.66. The molecule has 4 heteroatoms. The number of alkyl halides is 1. The van der Waals surface area contributed by atoms with Gasteiger partial charge in [-0.1, -0.05) is 11.6 Å². The van der Waals surface area contributed by atoms with Gasteiger partial charge >= 0.3 is 0 Å². The number of rotatable bonds is 6. The van der Waals surface area contributed by atoms with Gasteiger partial charge in [-0.15, -0.1) is 11.6 Å². The van der Waals surface area contributed by atoms with E-state index in [1.807, 2.05) is 18.2 Å². The lowest BCUT2D eigenvalue weighted by Crippen LogP contribution is -2.25. The summed E-state index contributed by atoms with van der Waals surface area (Å²) in [6, 6.07) is 6.01. The maximum atomic E-state index is 5.95. The van der Waals surface area contributed by atoms with Crippen LogP contribution in [0.4, 0.5) is 0 Å². The standard InChI is InChI=1S/C12H17Cl2NO/c1-9(5-6-13)15-8-10-7-11(14)3-4-12(10)16-2/h3-4,7,9,15H,5-6,8H2,1-2H3. The van der Waals surface area contributed by atoms with E-state index in [2.05, 4.69) is 12.2 Å². The summed E-state index contributed by atoms with van der Waals surface area (Å²) in [6.07, 6.45) is 0.949. The molecule has 0 bridgehead atoms. The van der Waals surface area contributed by atoms with Crippen LogP contribution in [0.5, 0.6) is 5.75 Å². The molecule has 0 spiro atoms. The lowest BCUT2D eigenvalue weighted by atomic mass is 10.1. The van der Waals surface area contributed by atoms with Crippen molar-refractivity contribution >= 4 is 23.2 Å². The SMILES string of the molecule is COc1ccc(Cl)cc1CNC(C)CCCl. The average molecular weight is 262 g/mol. The van der Waals surface area contributed by atoms with Crippen LogP contribution in [0.1, 0.15) is 18.9 Å². The second kappa shape index (κ2) is 7.00. The predicted molar refractivity (Wildman–Crippen MR) is 69.6 cm³/mol. The zero-order valence-corrected chi connectivity index (χ0v) is 11.1. The molecule has 1 aromatic rings. The molecule has 0 saturated heterocycles. The molecule has 1 rings (SSSR count). The first-order valence-corrected chi connectivity index (χ1v) is 6.20. The van der Waals surface area contributed by atoms with Crippen LogP contribution in [-0.2, 0) is 6.54 Å². The van der Waals surface area contributed by atoms with Crippen molar-refractivity contribution in [2.24, 2.45) is 0 Å². The molecule has 0 radical (unpaired) electrons. The minimum Gasteiger partial charge on any atom is -0.496 e. The summed E-state index contributed by atoms with van der Waals surface area (Å²) in [4.78, 5) is 0. The first-order valence-electron chi connectivity index (χ1n) is 5.29. The molecule has 1 N–H and O–H groups in total. The predicted octanol–water partition coefficient (Wildman–Crippen LogP) is 3.46. The monoisotopic (exact) mass is 261 g/mol. The van der Waals surface area contributed by atoms with Gasteiger partial charge in [0.1, 0.15) is 5.75 Å². The highest BCUT2D eigenvalue weighted by Crippen LogP contribution is 2.22. The molecule has 90 valence electrons. The number of methoxy groups -OCH3 is 1. The lowest BCUT2D eigenvalue weighted by Gasteiger charge is -2.14. The molecule has 16 heavy (non-hydrogen) atoms. The van der Waals surface area contributed by atoms with Crippen molar-refractivity contribution in [3.63, 3.8) is 0 Å². The largest absolute Gasteiger partial charge is 0.496 e. The Morgan fingerprint density at radius 2 is 2.19 bits per heavy atom. The zero-order valence-electron chi connectivity index (χ0n) is 9.59. The third kappa shape index (κ3) is 4.20. The molecule has 0 aliphatic heterocycles. The third-order valence-corrected chi connectivity index (χ3v) is 2.88. The van der Waals surface area contributed by atoms with E-state index in [1.165, 1.54) is 0 Å². The van der Waals surface area contributed by atoms with Gasteiger partial charge in [-0.25, -0.2) is 0 Å². The van der Waals surface area contributed by atoms with E-state index in [9.17, 15) is 0 Å². The molecule has 1 unspecified atom stereocenters. The molecule has 0 aromatic heterocycles. The van der Waals surface area contributed by atoms with Gasteiger partial charge in [0.05, 0.1) is 7.11 Å². The van der Waals surface area contributed by atoms with Crippen LogP contribution < -0.4 is 10.1 Å². The molecule has 0 saturated carbocycles. The van der Waals surface area contributed by atoms with Crippen LogP contribution in [0.25, 0.3) is 0 Å². The van der Waals surface area contributed by atoms with Crippen molar-refractivity contribution in [3.05, 3.63) is 28.8 Å². The van der Waals surface area contributed by atoms with Crippen molar-refractivity contribution in [1.29, 1.82) is 0 Å². The van der Waals surface area contributed by atoms with Crippen molar-refractivity contribution < 1.29 is 4.74 Å². The summed E-state index contributed by atoms with van der Waals surface area (Å²) in [5.74, 6) is 1.52. The highest BCUT2D eigenvalue weighted by molar-refractivity contribution is 6.30. The second-order valence-corrected chi connectivity index (χ2v) is 4.53. The lowest BCUT2D eigenvalue weighted by molar-refractivity contribution is 0.405. The van der Waals surface area contributed by atoms with E-state index in [1.54, 1.807) is 7.11 Å². The van der Waals surface area contributed by atoms with Gasteiger partial charge in [0, 0.05) is 29.1 Å². The molecule has 0 amide bonds. The smallest absolute Gasteiger partial charge is 0.123 e. The summed E-state index contributed by atoms with van der Waals surface area (Å²) < 4.78 is 5.27. The van der Waals surface area contributed by atoms with E-state index in [0.717, 1.165) is 29.3 Å². The van der Waals surface area contributed by atoms with Gasteiger partial charge in [0.2, 0.25) is 0 Å². The van der Waals surface area contributed by atoms with Gasteiger partial charge in [-0.3, -0.25) is 0 Å². The minimum atomic E-state index is 0.390. The van der Waals surface area contributed by atoms with Gasteiger partial charge in [0.15, 0.2) is 0 Å². The van der Waals surface area contributed by atoms with E-state index in [0.29, 0.717) is 11.9 Å². The molecule has 0 heterocycles. The van der Waals surface area contributed by atoms with E-state index < -0.39 is 0 Å². The molecule has 0 aliphatic carbocycles. The Bertz CT molecular complexity index is 331. The zero-order chi connectivity index (χ0) is 12.0. The first kappa shape index (κ1) is 13.6. The summed E-state index contributed by atoms with van der Waals surface area (Å²) >= 11 is 11.6. The molecule has 1 atom stereocenters. The van der Waals surface area contributed by atoms with Crippen molar-refractivity contribution in [2.75, 3.05) is 13.0 Å². The van der Waals surface area contributed by atoms with Crippen LogP contribution in [0.15, 0.2) is 18.2 Å². The quantitative estimate of drug-likeness (QED) is 0.793. The maximum Gasteiger partial charge on any atom is 0.123 e. The molecular weight excluding hydrogens is 245 g/mol. The highest BCUT2D eigenvalue weighted by atomic mass is 35.5. The second-order valence-electron chi connectivity index (χ2n) is 3.72. The topological polar surface area (TPSA) is 21.3 Å². The van der Waals surface area contributed by atoms with E-state index >= 15 is 0 Å². The molecular formula is C12H17Cl2NO. The fraction of sp³-hybridized carbons (Fsp3) is 0.500. The highest BCUT2D eigenvalue weighted by Gasteiger charge is 2.06. The van der Waals surface area contributed by atoms with Crippen molar-refractivity contribution in [3.8, 4) is 5.75 Å². The summed E-state index contributed by atoms with van der Waals surface area (Å²) in [5.41, 5.74) is 1.07. The molecule has 0 aliphatic rings. The summed E-state index contributed by atoms with van der Waals surface area (Å²) in [5, 5.41) is 4.10. The van der Waals surface area contributed by atoms with Gasteiger partial charge in [-0.2, -0.15) is 0 Å². The Morgan fingerprint density at radius 1 is 1.44 bits per heavy atom. The molecule has 1 aromatic carbocycles. The third-order valence-electron chi connectivity index (χ3n) is 2.43. The molecule has 2 nitrogen and oxygen atoms in total. The minimum absolute atomic E-state index is 0.390. The normalized spacial score (nSPS) is 12.5. The number of hydrogen-bond donors (Lipinski definition) is 1. The fourth-order valence-corrected chi connectivity index (χ4v) is 1.96. The summed E-state index contributed by atoms with van der Waals surface area (Å²) in [6.45, 7) is 2.85. The average Bonchev–Trinajstić information content (AvgIpc) is 2.27. The first-order chi connectivity index (χ1) is 7.67. The van der Waals surface area contributed by atoms with E-state index in [-0.39, 0.29) is 0 Å². The van der Waals surface area contributed by atoms with Gasteiger partial charge in [0.25, 0.3) is 0 Å². The Labute approximate surface area is 107 Å². The number of ether oxygens (including phenoxy) is 1. The van der Waals surface area contributed by atoms with Crippen LogP contribution in [0.3, 0.4) is 0 Å². The maximum absolute atomic E-state index is 5.95. The Hall–Kier alpha value is -0.440. The number of hydrogen-bond acceptors (Lipinski definition) is 2. The Morgan fingerprint density at radius 3 is 2.81 bits per heavy atom. The number of nitrogens with one attached hydrogen (secondary N) is 1.